The molecular weight excluding hydrogens is 436 g/mol. The Morgan fingerprint density at radius 3 is 2.67 bits per heavy atom. The summed E-state index contributed by atoms with van der Waals surface area (Å²) in [7, 11) is 1.63. The molecule has 4 rings (SSSR count). The van der Waals surface area contributed by atoms with Gasteiger partial charge < -0.3 is 15.0 Å². The number of nitrogens with zero attached hydrogens (tertiary/aromatic N) is 2. The van der Waals surface area contributed by atoms with Crippen LogP contribution in [0.1, 0.15) is 35.2 Å². The third-order valence-corrected chi connectivity index (χ3v) is 6.47. The van der Waals surface area contributed by atoms with Gasteiger partial charge in [0.15, 0.2) is 4.77 Å². The summed E-state index contributed by atoms with van der Waals surface area (Å²) in [6, 6.07) is 15.7. The molecule has 2 N–H and O–H groups in total. The van der Waals surface area contributed by atoms with Crippen LogP contribution in [-0.2, 0) is 17.8 Å². The molecule has 2 heterocycles. The van der Waals surface area contributed by atoms with Crippen LogP contribution in [0.5, 0.6) is 0 Å². The van der Waals surface area contributed by atoms with Crippen LogP contribution in [0, 0.1) is 4.77 Å². The van der Waals surface area contributed by atoms with E-state index in [1.807, 2.05) is 6.07 Å². The number of aromatic nitrogens is 2. The van der Waals surface area contributed by atoms with E-state index < -0.39 is 0 Å². The van der Waals surface area contributed by atoms with Crippen LogP contribution >= 0.6 is 12.2 Å². The van der Waals surface area contributed by atoms with Crippen LogP contribution in [-0.4, -0.2) is 53.2 Å². The zero-order chi connectivity index (χ0) is 23.2. The number of piperidine rings is 1. The molecule has 33 heavy (non-hydrogen) atoms. The van der Waals surface area contributed by atoms with E-state index in [1.54, 1.807) is 29.9 Å². The largest absolute Gasteiger partial charge is 0.385 e. The minimum atomic E-state index is -0.150. The van der Waals surface area contributed by atoms with Crippen molar-refractivity contribution in [1.29, 1.82) is 0 Å². The van der Waals surface area contributed by atoms with Crippen molar-refractivity contribution in [2.75, 3.05) is 26.8 Å². The number of hydrogen-bond donors (Lipinski definition) is 2. The normalized spacial score (nSPS) is 15.1. The summed E-state index contributed by atoms with van der Waals surface area (Å²) in [5, 5.41) is 3.68. The lowest BCUT2D eigenvalue weighted by Gasteiger charge is -2.32. The summed E-state index contributed by atoms with van der Waals surface area (Å²) in [6.07, 6.45) is 2.53. The number of carbonyl (C=O) groups is 1. The van der Waals surface area contributed by atoms with Crippen molar-refractivity contribution < 1.29 is 9.53 Å². The number of amides is 1. The van der Waals surface area contributed by atoms with E-state index in [-0.39, 0.29) is 17.5 Å². The molecule has 2 aromatic carbocycles. The standard InChI is InChI=1S/C25H30N4O3S/c1-32-15-5-12-29-24(31)21-9-8-19(16-22(21)27-25(29)33)23(30)26-20-10-13-28(14-11-20)17-18-6-3-2-4-7-18/h2-4,6-9,16,20H,5,10-15,17H2,1H3,(H,26,30)(H,27,33). The second kappa shape index (κ2) is 10.9. The van der Waals surface area contributed by atoms with Crippen molar-refractivity contribution in [3.05, 3.63) is 74.8 Å². The average Bonchev–Trinajstić information content (AvgIpc) is 2.83. The predicted molar refractivity (Wildman–Crippen MR) is 132 cm³/mol. The Balaban J connectivity index is 1.39. The third kappa shape index (κ3) is 5.76. The van der Waals surface area contributed by atoms with E-state index in [9.17, 15) is 9.59 Å². The van der Waals surface area contributed by atoms with E-state index in [0.29, 0.717) is 40.8 Å². The molecule has 0 aliphatic carbocycles. The van der Waals surface area contributed by atoms with E-state index in [1.165, 1.54) is 5.56 Å². The fraction of sp³-hybridized carbons (Fsp3) is 0.400. The quantitative estimate of drug-likeness (QED) is 0.392. The number of aromatic amines is 1. The predicted octanol–water partition coefficient (Wildman–Crippen LogP) is 3.49. The summed E-state index contributed by atoms with van der Waals surface area (Å²) < 4.78 is 6.96. The van der Waals surface area contributed by atoms with Crippen LogP contribution in [0.15, 0.2) is 53.3 Å². The van der Waals surface area contributed by atoms with Crippen molar-refractivity contribution >= 4 is 29.0 Å². The highest BCUT2D eigenvalue weighted by Crippen LogP contribution is 2.16. The number of ether oxygens (including phenoxy) is 1. The highest BCUT2D eigenvalue weighted by Gasteiger charge is 2.21. The first-order valence-corrected chi connectivity index (χ1v) is 11.8. The lowest BCUT2D eigenvalue weighted by Crippen LogP contribution is -2.44. The molecule has 1 saturated heterocycles. The Morgan fingerprint density at radius 2 is 1.94 bits per heavy atom. The van der Waals surface area contributed by atoms with Crippen LogP contribution < -0.4 is 10.9 Å². The van der Waals surface area contributed by atoms with Crippen LogP contribution in [0.4, 0.5) is 0 Å². The fourth-order valence-corrected chi connectivity index (χ4v) is 4.60. The maximum Gasteiger partial charge on any atom is 0.262 e. The number of fused-ring (bicyclic) bond motifs is 1. The second-order valence-corrected chi connectivity index (χ2v) is 8.89. The van der Waals surface area contributed by atoms with E-state index in [0.717, 1.165) is 32.5 Å². The minimum absolute atomic E-state index is 0.123. The number of H-pyrrole nitrogens is 1. The van der Waals surface area contributed by atoms with E-state index >= 15 is 0 Å². The van der Waals surface area contributed by atoms with Crippen LogP contribution in [0.2, 0.25) is 0 Å². The number of likely N-dealkylation sites (tertiary alicyclic amines) is 1. The molecule has 1 aliphatic heterocycles. The van der Waals surface area contributed by atoms with Gasteiger partial charge in [-0.3, -0.25) is 19.1 Å². The molecule has 174 valence electrons. The molecule has 0 atom stereocenters. The Bertz CT molecular complexity index is 1210. The SMILES string of the molecule is COCCCn1c(=S)[nH]c2cc(C(=O)NC3CCN(Cc4ccccc4)CC3)ccc2c1=O. The van der Waals surface area contributed by atoms with Crippen LogP contribution in [0.3, 0.4) is 0 Å². The van der Waals surface area contributed by atoms with Crippen molar-refractivity contribution in [2.45, 2.75) is 38.4 Å². The van der Waals surface area contributed by atoms with Crippen molar-refractivity contribution in [3.63, 3.8) is 0 Å². The van der Waals surface area contributed by atoms with E-state index in [4.69, 9.17) is 17.0 Å². The smallest absolute Gasteiger partial charge is 0.262 e. The summed E-state index contributed by atoms with van der Waals surface area (Å²) in [5.41, 5.74) is 2.27. The zero-order valence-electron chi connectivity index (χ0n) is 18.9. The third-order valence-electron chi connectivity index (χ3n) is 6.15. The molecular formula is C25H30N4O3S. The first-order chi connectivity index (χ1) is 16.0. The molecule has 0 unspecified atom stereocenters. The number of benzene rings is 2. The molecule has 0 bridgehead atoms. The Kier molecular flexibility index (Phi) is 7.69. The highest BCUT2D eigenvalue weighted by atomic mass is 32.1. The van der Waals surface area contributed by atoms with Crippen molar-refractivity contribution in [2.24, 2.45) is 0 Å². The van der Waals surface area contributed by atoms with Crippen LogP contribution in [0.25, 0.3) is 10.9 Å². The van der Waals surface area contributed by atoms with Crippen molar-refractivity contribution in [1.82, 2.24) is 19.8 Å². The zero-order valence-corrected chi connectivity index (χ0v) is 19.7. The van der Waals surface area contributed by atoms with Gasteiger partial charge in [0.2, 0.25) is 0 Å². The minimum Gasteiger partial charge on any atom is -0.385 e. The van der Waals surface area contributed by atoms with Gasteiger partial charge in [-0.1, -0.05) is 30.3 Å². The lowest BCUT2D eigenvalue weighted by atomic mass is 10.0. The number of carbonyl (C=O) groups excluding carboxylic acids is 1. The van der Waals surface area contributed by atoms with Gasteiger partial charge in [-0.25, -0.2) is 0 Å². The Hall–Kier alpha value is -2.81. The van der Waals surface area contributed by atoms with Gasteiger partial charge in [-0.05, 0) is 55.2 Å². The monoisotopic (exact) mass is 466 g/mol. The van der Waals surface area contributed by atoms with Gasteiger partial charge in [-0.15, -0.1) is 0 Å². The van der Waals surface area contributed by atoms with Gasteiger partial charge in [0.25, 0.3) is 11.5 Å². The van der Waals surface area contributed by atoms with Gasteiger partial charge in [0.05, 0.1) is 10.9 Å². The molecule has 0 spiro atoms. The fourth-order valence-electron chi connectivity index (χ4n) is 4.31. The summed E-state index contributed by atoms with van der Waals surface area (Å²) in [5.74, 6) is -0.123. The maximum atomic E-state index is 12.9. The Labute approximate surface area is 198 Å². The van der Waals surface area contributed by atoms with Gasteiger partial charge in [-0.2, -0.15) is 0 Å². The highest BCUT2D eigenvalue weighted by molar-refractivity contribution is 7.71. The van der Waals surface area contributed by atoms with Gasteiger partial charge in [0.1, 0.15) is 0 Å². The number of methoxy groups -OCH3 is 1. The van der Waals surface area contributed by atoms with Gasteiger partial charge >= 0.3 is 0 Å². The second-order valence-electron chi connectivity index (χ2n) is 8.50. The molecule has 1 aromatic heterocycles. The number of hydrogen-bond acceptors (Lipinski definition) is 5. The lowest BCUT2D eigenvalue weighted by molar-refractivity contribution is 0.0909. The number of nitrogens with one attached hydrogen (secondary N) is 2. The average molecular weight is 467 g/mol. The molecule has 1 fully saturated rings. The van der Waals surface area contributed by atoms with Crippen molar-refractivity contribution in [3.8, 4) is 0 Å². The topological polar surface area (TPSA) is 79.4 Å². The van der Waals surface area contributed by atoms with E-state index in [2.05, 4.69) is 39.5 Å². The first-order valence-electron chi connectivity index (χ1n) is 11.4. The molecule has 0 radical (unpaired) electrons. The molecule has 1 amide bonds. The summed E-state index contributed by atoms with van der Waals surface area (Å²) in [6.45, 7) is 3.89. The Morgan fingerprint density at radius 1 is 1.18 bits per heavy atom. The summed E-state index contributed by atoms with van der Waals surface area (Å²) in [4.78, 5) is 31.2. The number of rotatable bonds is 8. The van der Waals surface area contributed by atoms with Gasteiger partial charge in [0, 0.05) is 51.5 Å². The molecule has 8 heteroatoms. The molecule has 7 nitrogen and oxygen atoms in total. The summed E-state index contributed by atoms with van der Waals surface area (Å²) >= 11 is 5.38. The molecule has 1 aliphatic rings. The first kappa shape index (κ1) is 23.4. The molecule has 0 saturated carbocycles. The molecule has 3 aromatic rings. The maximum absolute atomic E-state index is 12.9.